The number of nitrogens with zero attached hydrogens (tertiary/aromatic N) is 4. The van der Waals surface area contributed by atoms with Crippen LogP contribution in [0, 0.1) is 0 Å². The molecule has 6 heteroatoms. The number of hydrogen-bond donors (Lipinski definition) is 0. The number of hydrazine groups is 1. The van der Waals surface area contributed by atoms with Gasteiger partial charge in [0, 0.05) is 25.5 Å². The average Bonchev–Trinajstić information content (AvgIpc) is 3.11. The molecule has 0 spiro atoms. The molecule has 0 N–H and O–H groups in total. The molecule has 1 atom stereocenters. The molecule has 6 nitrogen and oxygen atoms in total. The van der Waals surface area contributed by atoms with E-state index in [0.717, 1.165) is 49.4 Å². The fourth-order valence-electron chi connectivity index (χ4n) is 3.43. The minimum Gasteiger partial charge on any atom is -0.497 e. The quantitative estimate of drug-likeness (QED) is 0.720. The molecule has 0 saturated carbocycles. The Bertz CT molecular complexity index is 692. The van der Waals surface area contributed by atoms with Crippen LogP contribution in [0.15, 0.2) is 36.5 Å². The number of ether oxygens (including phenoxy) is 2. The van der Waals surface area contributed by atoms with Crippen LogP contribution in [0.2, 0.25) is 0 Å². The first-order valence-corrected chi connectivity index (χ1v) is 9.28. The SMILES string of the molecule is CCCc1ccnc(N(c2ccc(OC)cc2)N2CCC[C@H]2COC)n1. The number of hydrogen-bond acceptors (Lipinski definition) is 6. The predicted molar refractivity (Wildman–Crippen MR) is 103 cm³/mol. The fourth-order valence-corrected chi connectivity index (χ4v) is 3.43. The molecule has 0 aliphatic carbocycles. The highest BCUT2D eigenvalue weighted by Gasteiger charge is 2.32. The maximum atomic E-state index is 5.45. The smallest absolute Gasteiger partial charge is 0.245 e. The van der Waals surface area contributed by atoms with Crippen molar-refractivity contribution in [3.63, 3.8) is 0 Å². The summed E-state index contributed by atoms with van der Waals surface area (Å²) in [5.74, 6) is 1.55. The molecular formula is C20H28N4O2. The van der Waals surface area contributed by atoms with Gasteiger partial charge in [0.15, 0.2) is 0 Å². The molecule has 0 amide bonds. The van der Waals surface area contributed by atoms with Crippen LogP contribution in [0.25, 0.3) is 0 Å². The van der Waals surface area contributed by atoms with E-state index in [2.05, 4.69) is 34.1 Å². The average molecular weight is 356 g/mol. The van der Waals surface area contributed by atoms with Gasteiger partial charge in [-0.1, -0.05) is 13.3 Å². The van der Waals surface area contributed by atoms with E-state index in [9.17, 15) is 0 Å². The minimum atomic E-state index is 0.320. The zero-order valence-corrected chi connectivity index (χ0v) is 15.9. The summed E-state index contributed by atoms with van der Waals surface area (Å²) in [5.41, 5.74) is 2.10. The third-order valence-electron chi connectivity index (χ3n) is 4.68. The second kappa shape index (κ2) is 8.96. The van der Waals surface area contributed by atoms with Crippen LogP contribution in [0.5, 0.6) is 5.75 Å². The molecule has 0 unspecified atom stereocenters. The van der Waals surface area contributed by atoms with Crippen molar-refractivity contribution in [1.82, 2.24) is 15.0 Å². The summed E-state index contributed by atoms with van der Waals surface area (Å²) in [5, 5.41) is 4.46. The lowest BCUT2D eigenvalue weighted by Gasteiger charge is -2.36. The third kappa shape index (κ3) is 4.14. The molecule has 0 bridgehead atoms. The van der Waals surface area contributed by atoms with Gasteiger partial charge in [-0.2, -0.15) is 0 Å². The maximum Gasteiger partial charge on any atom is 0.245 e. The van der Waals surface area contributed by atoms with Crippen LogP contribution in [0.3, 0.4) is 0 Å². The second-order valence-electron chi connectivity index (χ2n) is 6.52. The molecule has 1 aliphatic heterocycles. The normalized spacial score (nSPS) is 17.4. The zero-order valence-electron chi connectivity index (χ0n) is 15.9. The lowest BCUT2D eigenvalue weighted by Crippen LogP contribution is -2.45. The van der Waals surface area contributed by atoms with Crippen molar-refractivity contribution in [1.29, 1.82) is 0 Å². The minimum absolute atomic E-state index is 0.320. The van der Waals surface area contributed by atoms with Crippen LogP contribution in [-0.2, 0) is 11.2 Å². The second-order valence-corrected chi connectivity index (χ2v) is 6.52. The molecule has 1 aromatic carbocycles. The van der Waals surface area contributed by atoms with Gasteiger partial charge in [0.05, 0.1) is 25.4 Å². The standard InChI is InChI=1S/C20H28N4O2/c1-4-6-16-12-13-21-20(22-16)24(17-8-10-19(26-3)11-9-17)23-14-5-7-18(23)15-25-2/h8-13,18H,4-7,14-15H2,1-3H3/t18-/m0/s1. The molecule has 1 saturated heterocycles. The summed E-state index contributed by atoms with van der Waals surface area (Å²) in [7, 11) is 3.44. The Hall–Kier alpha value is -2.18. The summed E-state index contributed by atoms with van der Waals surface area (Å²) >= 11 is 0. The van der Waals surface area contributed by atoms with Crippen molar-refractivity contribution in [2.75, 3.05) is 32.4 Å². The Morgan fingerprint density at radius 2 is 2.00 bits per heavy atom. The van der Waals surface area contributed by atoms with Gasteiger partial charge in [-0.05, 0) is 49.6 Å². The number of aromatic nitrogens is 2. The van der Waals surface area contributed by atoms with Crippen molar-refractivity contribution in [3.05, 3.63) is 42.2 Å². The van der Waals surface area contributed by atoms with Crippen molar-refractivity contribution in [2.24, 2.45) is 0 Å². The maximum absolute atomic E-state index is 5.45. The van der Waals surface area contributed by atoms with E-state index in [1.807, 2.05) is 24.4 Å². The molecule has 3 rings (SSSR count). The molecular weight excluding hydrogens is 328 g/mol. The van der Waals surface area contributed by atoms with Gasteiger partial charge in [-0.15, -0.1) is 0 Å². The van der Waals surface area contributed by atoms with Crippen molar-refractivity contribution >= 4 is 11.6 Å². The Balaban J connectivity index is 1.99. The highest BCUT2D eigenvalue weighted by molar-refractivity contribution is 5.57. The van der Waals surface area contributed by atoms with Crippen molar-refractivity contribution < 1.29 is 9.47 Å². The number of methoxy groups -OCH3 is 2. The molecule has 1 aromatic heterocycles. The first kappa shape index (κ1) is 18.6. The molecule has 0 radical (unpaired) electrons. The Morgan fingerprint density at radius 1 is 1.19 bits per heavy atom. The highest BCUT2D eigenvalue weighted by atomic mass is 16.5. The number of aryl methyl sites for hydroxylation is 1. The van der Waals surface area contributed by atoms with Gasteiger partial charge in [-0.3, -0.25) is 0 Å². The summed E-state index contributed by atoms with van der Waals surface area (Å²) in [4.78, 5) is 9.40. The number of benzene rings is 1. The third-order valence-corrected chi connectivity index (χ3v) is 4.68. The molecule has 1 fully saturated rings. The summed E-state index contributed by atoms with van der Waals surface area (Å²) in [6.45, 7) is 3.82. The topological polar surface area (TPSA) is 50.7 Å². The lowest BCUT2D eigenvalue weighted by atomic mass is 10.2. The van der Waals surface area contributed by atoms with Crippen molar-refractivity contribution in [3.8, 4) is 5.75 Å². The van der Waals surface area contributed by atoms with E-state index in [1.165, 1.54) is 0 Å². The number of anilines is 2. The van der Waals surface area contributed by atoms with Crippen LogP contribution in [-0.4, -0.2) is 48.4 Å². The summed E-state index contributed by atoms with van der Waals surface area (Å²) in [6, 6.07) is 10.4. The summed E-state index contributed by atoms with van der Waals surface area (Å²) < 4.78 is 10.8. The Kier molecular flexibility index (Phi) is 6.41. The molecule has 140 valence electrons. The predicted octanol–water partition coefficient (Wildman–Crippen LogP) is 3.60. The van der Waals surface area contributed by atoms with E-state index in [0.29, 0.717) is 18.6 Å². The number of rotatable bonds is 8. The molecule has 2 heterocycles. The Labute approximate surface area is 155 Å². The Morgan fingerprint density at radius 3 is 2.69 bits per heavy atom. The molecule has 2 aromatic rings. The van der Waals surface area contributed by atoms with Crippen LogP contribution >= 0.6 is 0 Å². The van der Waals surface area contributed by atoms with Gasteiger partial charge in [0.2, 0.25) is 5.95 Å². The first-order valence-electron chi connectivity index (χ1n) is 9.28. The first-order chi connectivity index (χ1) is 12.8. The van der Waals surface area contributed by atoms with Gasteiger partial charge in [-0.25, -0.2) is 20.0 Å². The summed E-state index contributed by atoms with van der Waals surface area (Å²) in [6.07, 6.45) is 6.11. The van der Waals surface area contributed by atoms with Gasteiger partial charge >= 0.3 is 0 Å². The van der Waals surface area contributed by atoms with E-state index in [1.54, 1.807) is 14.2 Å². The fraction of sp³-hybridized carbons (Fsp3) is 0.500. The highest BCUT2D eigenvalue weighted by Crippen LogP contribution is 2.31. The largest absolute Gasteiger partial charge is 0.497 e. The van der Waals surface area contributed by atoms with Gasteiger partial charge in [0.25, 0.3) is 0 Å². The van der Waals surface area contributed by atoms with Crippen LogP contribution in [0.1, 0.15) is 31.9 Å². The molecule has 26 heavy (non-hydrogen) atoms. The van der Waals surface area contributed by atoms with E-state index in [-0.39, 0.29) is 0 Å². The van der Waals surface area contributed by atoms with Crippen LogP contribution < -0.4 is 9.75 Å². The van der Waals surface area contributed by atoms with E-state index < -0.39 is 0 Å². The van der Waals surface area contributed by atoms with E-state index >= 15 is 0 Å². The van der Waals surface area contributed by atoms with Gasteiger partial charge in [0.1, 0.15) is 5.75 Å². The lowest BCUT2D eigenvalue weighted by molar-refractivity contribution is 0.115. The van der Waals surface area contributed by atoms with Gasteiger partial charge < -0.3 is 9.47 Å². The van der Waals surface area contributed by atoms with Crippen LogP contribution in [0.4, 0.5) is 11.6 Å². The monoisotopic (exact) mass is 356 g/mol. The molecule has 1 aliphatic rings. The van der Waals surface area contributed by atoms with Crippen molar-refractivity contribution in [2.45, 2.75) is 38.6 Å². The van der Waals surface area contributed by atoms with E-state index in [4.69, 9.17) is 14.5 Å². The zero-order chi connectivity index (χ0) is 18.4.